The molecule has 0 bridgehead atoms. The number of benzene rings is 1. The molecule has 2 aromatic rings. The lowest BCUT2D eigenvalue weighted by Crippen LogP contribution is -2.38. The molecule has 0 radical (unpaired) electrons. The molecule has 0 aliphatic carbocycles. The number of furan rings is 1. The predicted molar refractivity (Wildman–Crippen MR) is 122 cm³/mol. The first-order chi connectivity index (χ1) is 16.1. The maximum Gasteiger partial charge on any atom is 0.295 e. The fourth-order valence-corrected chi connectivity index (χ4v) is 4.16. The van der Waals surface area contributed by atoms with Crippen molar-refractivity contribution in [3.63, 3.8) is 0 Å². The van der Waals surface area contributed by atoms with Gasteiger partial charge < -0.3 is 23.9 Å². The molecule has 8 heteroatoms. The van der Waals surface area contributed by atoms with Crippen molar-refractivity contribution in [1.29, 1.82) is 0 Å². The van der Waals surface area contributed by atoms with Crippen LogP contribution >= 0.6 is 0 Å². The van der Waals surface area contributed by atoms with Gasteiger partial charge in [-0.25, -0.2) is 0 Å². The first-order valence-corrected chi connectivity index (χ1v) is 11.1. The molecular weight excluding hydrogens is 424 g/mol. The number of ether oxygens (including phenoxy) is 2. The molecule has 174 valence electrons. The van der Waals surface area contributed by atoms with E-state index >= 15 is 0 Å². The van der Waals surface area contributed by atoms with Gasteiger partial charge in [0.15, 0.2) is 0 Å². The van der Waals surface area contributed by atoms with Crippen molar-refractivity contribution in [3.05, 3.63) is 72.2 Å². The number of aliphatic hydroxyl groups excluding tert-OH is 1. The van der Waals surface area contributed by atoms with E-state index in [1.807, 2.05) is 0 Å². The molecule has 3 heterocycles. The van der Waals surface area contributed by atoms with Crippen molar-refractivity contribution >= 4 is 17.4 Å². The molecule has 1 N–H and O–H groups in total. The lowest BCUT2D eigenvalue weighted by atomic mass is 9.99. The Balaban J connectivity index is 1.58. The Morgan fingerprint density at radius 3 is 2.58 bits per heavy atom. The first-order valence-electron chi connectivity index (χ1n) is 11.1. The van der Waals surface area contributed by atoms with E-state index in [2.05, 4.69) is 11.5 Å². The van der Waals surface area contributed by atoms with Crippen LogP contribution in [0, 0.1) is 0 Å². The number of carbonyl (C=O) groups excluding carboxylic acids is 2. The maximum atomic E-state index is 13.0. The zero-order chi connectivity index (χ0) is 23.2. The number of hydrogen-bond donors (Lipinski definition) is 1. The number of hydrogen-bond acceptors (Lipinski definition) is 7. The molecule has 0 spiro atoms. The Morgan fingerprint density at radius 2 is 1.91 bits per heavy atom. The second-order valence-electron chi connectivity index (χ2n) is 7.94. The molecule has 2 aliphatic heterocycles. The fraction of sp³-hybridized carbons (Fsp3) is 0.360. The minimum Gasteiger partial charge on any atom is -0.507 e. The zero-order valence-corrected chi connectivity index (χ0v) is 18.4. The van der Waals surface area contributed by atoms with Crippen LogP contribution in [0.15, 0.2) is 65.3 Å². The van der Waals surface area contributed by atoms with E-state index < -0.39 is 17.7 Å². The van der Waals surface area contributed by atoms with Gasteiger partial charge in [0.25, 0.3) is 11.7 Å². The van der Waals surface area contributed by atoms with Gasteiger partial charge in [-0.15, -0.1) is 0 Å². The van der Waals surface area contributed by atoms with Crippen LogP contribution in [0.4, 0.5) is 0 Å². The largest absolute Gasteiger partial charge is 0.507 e. The number of likely N-dealkylation sites (tertiary alicyclic amines) is 1. The van der Waals surface area contributed by atoms with E-state index in [4.69, 9.17) is 13.9 Å². The van der Waals surface area contributed by atoms with Crippen molar-refractivity contribution in [3.8, 4) is 5.75 Å². The number of nitrogens with zero attached hydrogens (tertiary/aromatic N) is 2. The van der Waals surface area contributed by atoms with Crippen LogP contribution in [0.1, 0.15) is 23.8 Å². The second-order valence-corrected chi connectivity index (χ2v) is 7.94. The molecule has 8 nitrogen and oxygen atoms in total. The fourth-order valence-electron chi connectivity index (χ4n) is 4.16. The molecule has 1 aromatic carbocycles. The third-order valence-corrected chi connectivity index (χ3v) is 5.83. The summed E-state index contributed by atoms with van der Waals surface area (Å²) in [5, 5.41) is 11.1. The Bertz CT molecular complexity index is 1010. The Kier molecular flexibility index (Phi) is 7.26. The van der Waals surface area contributed by atoms with Gasteiger partial charge in [-0.2, -0.15) is 0 Å². The summed E-state index contributed by atoms with van der Waals surface area (Å²) in [4.78, 5) is 29.7. The molecule has 2 fully saturated rings. The Hall–Kier alpha value is -3.36. The minimum absolute atomic E-state index is 0.0288. The SMILES string of the molecule is C=CCOc1ccc(/C(O)=C2\C(=O)C(=O)N(CCCN3CCOCC3)[C@H]2c2ccco2)cc1. The van der Waals surface area contributed by atoms with Crippen LogP contribution in [-0.2, 0) is 14.3 Å². The number of ketones is 1. The highest BCUT2D eigenvalue weighted by atomic mass is 16.5. The van der Waals surface area contributed by atoms with Gasteiger partial charge in [-0.1, -0.05) is 12.7 Å². The lowest BCUT2D eigenvalue weighted by molar-refractivity contribution is -0.140. The van der Waals surface area contributed by atoms with Crippen molar-refractivity contribution in [1.82, 2.24) is 9.80 Å². The summed E-state index contributed by atoms with van der Waals surface area (Å²) in [5.74, 6) is -0.538. The third-order valence-electron chi connectivity index (χ3n) is 5.83. The second kappa shape index (κ2) is 10.5. The lowest BCUT2D eigenvalue weighted by Gasteiger charge is -2.28. The highest BCUT2D eigenvalue weighted by Crippen LogP contribution is 2.39. The van der Waals surface area contributed by atoms with E-state index in [0.717, 1.165) is 19.6 Å². The standard InChI is InChI=1S/C25H28N2O6/c1-2-14-32-19-8-6-18(7-9-19)23(28)21-22(20-5-3-15-33-20)27(25(30)24(21)29)11-4-10-26-12-16-31-17-13-26/h2-3,5-9,15,22,28H,1,4,10-14,16-17H2/b23-21+/t22-/m0/s1. The zero-order valence-electron chi connectivity index (χ0n) is 18.4. The normalized spacial score (nSPS) is 20.8. The summed E-state index contributed by atoms with van der Waals surface area (Å²) < 4.78 is 16.4. The van der Waals surface area contributed by atoms with Crippen molar-refractivity contribution in [2.24, 2.45) is 0 Å². The summed E-state index contributed by atoms with van der Waals surface area (Å²) >= 11 is 0. The number of rotatable bonds is 9. The van der Waals surface area contributed by atoms with Crippen LogP contribution in [0.2, 0.25) is 0 Å². The highest BCUT2D eigenvalue weighted by Gasteiger charge is 2.47. The molecule has 4 rings (SSSR count). The summed E-state index contributed by atoms with van der Waals surface area (Å²) in [7, 11) is 0. The van der Waals surface area contributed by atoms with Crippen molar-refractivity contribution < 1.29 is 28.6 Å². The van der Waals surface area contributed by atoms with Gasteiger partial charge in [0.05, 0.1) is 25.1 Å². The summed E-state index contributed by atoms with van der Waals surface area (Å²) in [6.07, 6.45) is 3.83. The summed E-state index contributed by atoms with van der Waals surface area (Å²) in [6.45, 7) is 8.26. The maximum absolute atomic E-state index is 13.0. The quantitative estimate of drug-likeness (QED) is 0.271. The van der Waals surface area contributed by atoms with E-state index in [0.29, 0.717) is 49.9 Å². The molecule has 33 heavy (non-hydrogen) atoms. The number of amides is 1. The molecule has 0 unspecified atom stereocenters. The van der Waals surface area contributed by atoms with Crippen LogP contribution in [0.25, 0.3) is 5.76 Å². The molecule has 2 aliphatic rings. The van der Waals surface area contributed by atoms with Crippen molar-refractivity contribution in [2.45, 2.75) is 12.5 Å². The smallest absolute Gasteiger partial charge is 0.295 e. The predicted octanol–water partition coefficient (Wildman–Crippen LogP) is 2.99. The summed E-state index contributed by atoms with van der Waals surface area (Å²) in [6, 6.07) is 9.33. The monoisotopic (exact) mass is 452 g/mol. The molecule has 1 amide bonds. The van der Waals surface area contributed by atoms with Gasteiger partial charge in [-0.3, -0.25) is 14.5 Å². The van der Waals surface area contributed by atoms with Gasteiger partial charge in [-0.05, 0) is 42.8 Å². The average Bonchev–Trinajstić information content (AvgIpc) is 3.46. The number of Topliss-reactive ketones (excluding diaryl/α,β-unsaturated/α-hetero) is 1. The molecule has 1 atom stereocenters. The Morgan fingerprint density at radius 1 is 1.15 bits per heavy atom. The van der Waals surface area contributed by atoms with Gasteiger partial charge >= 0.3 is 0 Å². The van der Waals surface area contributed by atoms with E-state index in [1.165, 1.54) is 11.2 Å². The number of morpholine rings is 1. The first kappa shape index (κ1) is 22.8. The number of carbonyl (C=O) groups is 2. The highest BCUT2D eigenvalue weighted by molar-refractivity contribution is 6.46. The van der Waals surface area contributed by atoms with Crippen LogP contribution in [0.5, 0.6) is 5.75 Å². The minimum atomic E-state index is -0.776. The van der Waals surface area contributed by atoms with Crippen LogP contribution in [-0.4, -0.2) is 72.6 Å². The van der Waals surface area contributed by atoms with Crippen LogP contribution < -0.4 is 4.74 Å². The van der Waals surface area contributed by atoms with E-state index in [1.54, 1.807) is 42.5 Å². The third kappa shape index (κ3) is 5.02. The van der Waals surface area contributed by atoms with Gasteiger partial charge in [0.2, 0.25) is 0 Å². The molecule has 1 aromatic heterocycles. The van der Waals surface area contributed by atoms with Crippen molar-refractivity contribution in [2.75, 3.05) is 46.0 Å². The number of aliphatic hydroxyl groups is 1. The molecule has 2 saturated heterocycles. The van der Waals surface area contributed by atoms with Crippen LogP contribution in [0.3, 0.4) is 0 Å². The van der Waals surface area contributed by atoms with E-state index in [9.17, 15) is 14.7 Å². The average molecular weight is 453 g/mol. The topological polar surface area (TPSA) is 92.5 Å². The van der Waals surface area contributed by atoms with E-state index in [-0.39, 0.29) is 11.3 Å². The Labute approximate surface area is 192 Å². The van der Waals surface area contributed by atoms with Gasteiger partial charge in [0, 0.05) is 31.7 Å². The van der Waals surface area contributed by atoms with Gasteiger partial charge in [0.1, 0.15) is 29.9 Å². The molecular formula is C25H28N2O6. The molecule has 0 saturated carbocycles. The summed E-state index contributed by atoms with van der Waals surface area (Å²) in [5.41, 5.74) is 0.449.